The Hall–Kier alpha value is -13.8. The van der Waals surface area contributed by atoms with Gasteiger partial charge in [-0.15, -0.1) is 0 Å². The van der Waals surface area contributed by atoms with E-state index in [4.69, 9.17) is 59.2 Å². The van der Waals surface area contributed by atoms with Crippen molar-refractivity contribution in [1.29, 1.82) is 0 Å². The fraction of sp³-hybridized carbons (Fsp3) is 0.514. The van der Waals surface area contributed by atoms with E-state index < -0.39 is 125 Å². The molecule has 0 aromatic heterocycles. The minimum atomic E-state index is -1.24. The van der Waals surface area contributed by atoms with Crippen molar-refractivity contribution in [1.82, 2.24) is 47.4 Å². The van der Waals surface area contributed by atoms with Crippen LogP contribution in [0.4, 0.5) is 0 Å². The molecule has 0 saturated carbocycles. The molecule has 772 valence electrons. The van der Waals surface area contributed by atoms with Gasteiger partial charge in [-0.25, -0.2) is 0 Å². The van der Waals surface area contributed by atoms with Gasteiger partial charge in [0.05, 0.1) is 5.41 Å². The molecule has 0 spiro atoms. The number of aliphatic imine (C=N–C) groups is 3. The minimum Gasteiger partial charge on any atom is -0.507 e. The number of carboxylic acids is 3. The molecule has 0 unspecified atom stereocenters. The van der Waals surface area contributed by atoms with Gasteiger partial charge in [0.25, 0.3) is 17.7 Å². The standard InChI is InChI=1S/C38H56N6O6.C35H52N6O6.C32H46N6O6/c1-7-36(3,4)27-21-28(37(5,6)8-2)23-29(22-27)50-25-31(45)44-19-16-38(17-20-44,26-13-10-9-11-14-26)34(49)43-30(15-12-18-41-35(39)40)33(48)42-24-32(46)47;1-7-34(3,4)24-18-25(35(5,6)8-2)20-26(19-24)47-22-29(42)40-28(17-23-13-10-9-11-14-23)32(46)41-27(15-12-16-38-33(36)37)31(45)39-21-30(43)44;1-31(2,3)21-16-20(17-22(26(21)41)32(4,5)6)27(42)38-24(15-19-11-8-7-9-12-19)29(44)37-23(13-10-14-35-30(33)34)28(43)36-18-25(39)40/h9-11,13-14,21-23,30H,7-8,12,15-20,24-25H2,1-6H3,(H,42,48)(H,43,49)(H,46,47)(H4,39,40,41);9-11,13-14,18-20,27-28H,7-8,12,15-17,21-22H2,1-6H3,(H,39,45)(H,40,42)(H,41,46)(H,43,44)(H4,36,37,38);7-9,11-12,16-17,23-24,41H,10,13-15,18H2,1-6H3,(H,36,43)(H,37,44)(H,38,42)(H,39,40)(H4,33,34,35)/t30-;27-,28-;23-,24-/m001/s1. The lowest BCUT2D eigenvalue weighted by molar-refractivity contribution is -0.140. The highest BCUT2D eigenvalue weighted by Gasteiger charge is 2.46. The topological polar surface area (TPSA) is 597 Å². The first-order chi connectivity index (χ1) is 66.0. The molecule has 141 heavy (non-hydrogen) atoms. The number of aliphatic carboxylic acids is 3. The van der Waals surface area contributed by atoms with Gasteiger partial charge in [-0.3, -0.25) is 72.5 Å². The summed E-state index contributed by atoms with van der Waals surface area (Å²) < 4.78 is 12.2. The van der Waals surface area contributed by atoms with Crippen molar-refractivity contribution in [2.45, 2.75) is 283 Å². The van der Waals surface area contributed by atoms with Gasteiger partial charge in [0.1, 0.15) is 67.1 Å². The number of piperidine rings is 1. The van der Waals surface area contributed by atoms with Gasteiger partial charge < -0.3 is 112 Å². The van der Waals surface area contributed by atoms with Gasteiger partial charge in [0, 0.05) is 62.3 Å². The molecule has 1 fully saturated rings. The third-order valence-corrected chi connectivity index (χ3v) is 25.7. The summed E-state index contributed by atoms with van der Waals surface area (Å²) >= 11 is 0. The van der Waals surface area contributed by atoms with Crippen molar-refractivity contribution >= 4 is 89.0 Å². The Labute approximate surface area is 829 Å². The molecule has 5 atom stereocenters. The van der Waals surface area contributed by atoms with Gasteiger partial charge in [-0.1, -0.05) is 228 Å². The Bertz CT molecular complexity index is 5180. The molecular formula is C105H154N18O18. The van der Waals surface area contributed by atoms with Crippen molar-refractivity contribution in [3.05, 3.63) is 195 Å². The van der Waals surface area contributed by atoms with E-state index in [0.717, 1.165) is 53.5 Å². The molecule has 0 radical (unpaired) electrons. The Balaban J connectivity index is 0.000000374. The van der Waals surface area contributed by atoms with Crippen molar-refractivity contribution in [3.8, 4) is 17.2 Å². The summed E-state index contributed by atoms with van der Waals surface area (Å²) in [6.45, 7) is 36.7. The smallest absolute Gasteiger partial charge is 0.322 e. The number of carboxylic acid groups (broad SMARTS) is 3. The summed E-state index contributed by atoms with van der Waals surface area (Å²) in [6.07, 6.45) is 6.11. The van der Waals surface area contributed by atoms with Crippen LogP contribution in [0.2, 0.25) is 0 Å². The number of hydrogen-bond acceptors (Lipinski definition) is 18. The number of benzene rings is 6. The first-order valence-corrected chi connectivity index (χ1v) is 48.1. The zero-order valence-electron chi connectivity index (χ0n) is 85.4. The molecule has 36 heteroatoms. The molecule has 1 heterocycles. The summed E-state index contributed by atoms with van der Waals surface area (Å²) in [5, 5.41) is 59.0. The number of nitrogens with two attached hydrogens (primary N) is 6. The average molecular weight is 1960 g/mol. The Kier molecular flexibility index (Phi) is 45.6. The number of carbonyl (C=O) groups excluding carboxylic acids is 9. The zero-order chi connectivity index (χ0) is 106. The molecule has 0 bridgehead atoms. The number of rotatable bonds is 49. The Morgan fingerprint density at radius 1 is 0.404 bits per heavy atom. The number of guanidine groups is 3. The summed E-state index contributed by atoms with van der Waals surface area (Å²) in [6, 6.07) is 37.9. The number of carbonyl (C=O) groups is 12. The van der Waals surface area contributed by atoms with Crippen LogP contribution in [0.25, 0.3) is 0 Å². The van der Waals surface area contributed by atoms with E-state index in [1.165, 1.54) is 11.1 Å². The first kappa shape index (κ1) is 118. The van der Waals surface area contributed by atoms with E-state index >= 15 is 0 Å². The highest BCUT2D eigenvalue weighted by Crippen LogP contribution is 2.43. The van der Waals surface area contributed by atoms with E-state index in [-0.39, 0.29) is 128 Å². The monoisotopic (exact) mass is 1960 g/mol. The molecule has 1 saturated heterocycles. The van der Waals surface area contributed by atoms with E-state index in [2.05, 4.69) is 153 Å². The first-order valence-electron chi connectivity index (χ1n) is 48.1. The third kappa shape index (κ3) is 38.7. The van der Waals surface area contributed by atoms with Crippen molar-refractivity contribution in [2.75, 3.05) is 65.6 Å². The van der Waals surface area contributed by atoms with Crippen LogP contribution in [0, 0.1) is 0 Å². The van der Waals surface area contributed by atoms with Gasteiger partial charge in [-0.2, -0.15) is 0 Å². The van der Waals surface area contributed by atoms with Gasteiger partial charge in [0.15, 0.2) is 31.1 Å². The second-order valence-corrected chi connectivity index (χ2v) is 40.1. The maximum Gasteiger partial charge on any atom is 0.322 e. The Morgan fingerprint density at radius 3 is 1.04 bits per heavy atom. The number of phenolic OH excluding ortho intramolecular Hbond substituents is 1. The number of phenols is 1. The quantitative estimate of drug-likeness (QED) is 0.00964. The minimum absolute atomic E-state index is 0.0570. The molecule has 36 nitrogen and oxygen atoms in total. The van der Waals surface area contributed by atoms with Gasteiger partial charge in [0.2, 0.25) is 35.4 Å². The lowest BCUT2D eigenvalue weighted by Crippen LogP contribution is -2.57. The van der Waals surface area contributed by atoms with Crippen LogP contribution in [-0.4, -0.2) is 210 Å². The molecule has 6 aromatic rings. The van der Waals surface area contributed by atoms with Crippen LogP contribution >= 0.6 is 0 Å². The lowest BCUT2D eigenvalue weighted by Gasteiger charge is -2.41. The van der Waals surface area contributed by atoms with Crippen molar-refractivity contribution < 1.29 is 87.4 Å². The molecule has 9 amide bonds. The number of aromatic hydroxyl groups is 1. The number of likely N-dealkylation sites (tertiary alicyclic amines) is 1. The molecule has 0 aliphatic carbocycles. The summed E-state index contributed by atoms with van der Waals surface area (Å²) in [5.74, 6) is -7.47. The maximum atomic E-state index is 14.2. The van der Waals surface area contributed by atoms with Crippen LogP contribution in [0.1, 0.15) is 262 Å². The number of amides is 9. The van der Waals surface area contributed by atoms with Crippen LogP contribution in [0.5, 0.6) is 17.2 Å². The predicted octanol–water partition coefficient (Wildman–Crippen LogP) is 8.71. The average Bonchev–Trinajstić information content (AvgIpc) is 0.776. The number of ether oxygens (including phenoxy) is 2. The summed E-state index contributed by atoms with van der Waals surface area (Å²) in [5.41, 5.74) is 38.4. The molecule has 1 aliphatic heterocycles. The SMILES string of the molecule is CC(C)(C)c1cc(C(=O)N[C@H](Cc2ccccc2)C(=O)N[C@H](CCCN=C(N)N)C(=O)NCC(=O)O)cc(C(C)(C)C)c1O.CCC(C)(C)c1cc(OCC(=O)N2CCC(C(=O)N[C@@H](CCCN=C(N)N)C(=O)NCC(=O)O)(c3ccccc3)CC2)cc(C(C)(C)CC)c1.CCC(C)(C)c1cc(OCC(=O)N[C@@H](Cc2ccccc2)C(=O)N[C@@H](CCCN=C(N)N)C(=O)NCC(=O)O)cc(C(C)(C)CC)c1. The normalized spacial score (nSPS) is 13.6. The third-order valence-electron chi connectivity index (χ3n) is 25.7. The maximum absolute atomic E-state index is 14.2. The van der Waals surface area contributed by atoms with E-state index in [0.29, 0.717) is 67.8 Å². The van der Waals surface area contributed by atoms with Crippen LogP contribution in [0.3, 0.4) is 0 Å². The highest BCUT2D eigenvalue weighted by molar-refractivity contribution is 6.00. The number of nitrogens with one attached hydrogen (secondary N) is 8. The molecule has 6 aromatic carbocycles. The van der Waals surface area contributed by atoms with Crippen LogP contribution < -0.4 is 86.4 Å². The highest BCUT2D eigenvalue weighted by atomic mass is 16.5. The largest absolute Gasteiger partial charge is 0.507 e. The number of nitrogens with zero attached hydrogens (tertiary/aromatic N) is 4. The summed E-state index contributed by atoms with van der Waals surface area (Å²) in [4.78, 5) is 167. The van der Waals surface area contributed by atoms with E-state index in [9.17, 15) is 62.6 Å². The Morgan fingerprint density at radius 2 is 0.723 bits per heavy atom. The predicted molar refractivity (Wildman–Crippen MR) is 548 cm³/mol. The van der Waals surface area contributed by atoms with Crippen LogP contribution in [-0.2, 0) is 103 Å². The van der Waals surface area contributed by atoms with Gasteiger partial charge >= 0.3 is 17.9 Å². The number of hydrogen-bond donors (Lipinski definition) is 18. The molecule has 7 rings (SSSR count). The fourth-order valence-electron chi connectivity index (χ4n) is 15.2. The van der Waals surface area contributed by atoms with E-state index in [1.807, 2.05) is 157 Å². The fourth-order valence-corrected chi connectivity index (χ4v) is 15.2. The summed E-state index contributed by atoms with van der Waals surface area (Å²) in [7, 11) is 0. The molecular weight excluding hydrogens is 1800 g/mol. The molecule has 24 N–H and O–H groups in total. The van der Waals surface area contributed by atoms with Crippen LogP contribution in [0.15, 0.2) is 155 Å². The second kappa shape index (κ2) is 54.7. The van der Waals surface area contributed by atoms with Gasteiger partial charge in [-0.05, 0) is 185 Å². The zero-order valence-corrected chi connectivity index (χ0v) is 85.4. The van der Waals surface area contributed by atoms with E-state index in [1.54, 1.807) is 17.0 Å². The van der Waals surface area contributed by atoms with Crippen molar-refractivity contribution in [3.63, 3.8) is 0 Å². The lowest BCUT2D eigenvalue weighted by atomic mass is 9.71. The molecule has 1 aliphatic rings. The second-order valence-electron chi connectivity index (χ2n) is 40.1. The van der Waals surface area contributed by atoms with Crippen molar-refractivity contribution in [2.24, 2.45) is 49.4 Å².